The number of nitrogens with one attached hydrogen (secondary N) is 1. The van der Waals surface area contributed by atoms with E-state index in [1.54, 1.807) is 0 Å². The highest BCUT2D eigenvalue weighted by atomic mass is 15.1. The molecule has 0 fully saturated rings. The number of aryl methyl sites for hydroxylation is 2. The Bertz CT molecular complexity index is 541. The highest BCUT2D eigenvalue weighted by Crippen LogP contribution is 2.15. The van der Waals surface area contributed by atoms with Crippen LogP contribution >= 0.6 is 0 Å². The summed E-state index contributed by atoms with van der Waals surface area (Å²) < 4.78 is 0. The van der Waals surface area contributed by atoms with E-state index in [1.807, 2.05) is 0 Å². The Morgan fingerprint density at radius 2 is 1.57 bits per heavy atom. The van der Waals surface area contributed by atoms with Gasteiger partial charge in [-0.3, -0.25) is 0 Å². The van der Waals surface area contributed by atoms with E-state index in [0.29, 0.717) is 6.04 Å². The normalized spacial score (nSPS) is 12.6. The Kier molecular flexibility index (Phi) is 5.54. The average Bonchev–Trinajstić information content (AvgIpc) is 2.43. The van der Waals surface area contributed by atoms with Crippen molar-refractivity contribution < 1.29 is 0 Å². The van der Waals surface area contributed by atoms with E-state index in [1.165, 1.54) is 22.3 Å². The first kappa shape index (κ1) is 15.7. The number of rotatable bonds is 6. The van der Waals surface area contributed by atoms with Gasteiger partial charge in [0.25, 0.3) is 0 Å². The van der Waals surface area contributed by atoms with Crippen molar-refractivity contribution in [3.8, 4) is 0 Å². The zero-order chi connectivity index (χ0) is 15.2. The van der Waals surface area contributed by atoms with Crippen LogP contribution in [0.3, 0.4) is 0 Å². The first-order chi connectivity index (χ1) is 10.0. The second-order valence-corrected chi connectivity index (χ2v) is 6.10. The summed E-state index contributed by atoms with van der Waals surface area (Å²) in [6, 6.07) is 17.8. The van der Waals surface area contributed by atoms with E-state index in [2.05, 4.69) is 86.7 Å². The van der Waals surface area contributed by atoms with Crippen molar-refractivity contribution in [1.82, 2.24) is 10.2 Å². The Hall–Kier alpha value is -1.64. The SMILES string of the molecule is Cc1cc(C)cc(CN[C@H](CN(C)C)c2ccccc2)c1. The molecular weight excluding hydrogens is 256 g/mol. The lowest BCUT2D eigenvalue weighted by Gasteiger charge is -2.23. The van der Waals surface area contributed by atoms with E-state index < -0.39 is 0 Å². The quantitative estimate of drug-likeness (QED) is 0.869. The van der Waals surface area contributed by atoms with Crippen LogP contribution in [0.1, 0.15) is 28.3 Å². The molecule has 2 aromatic rings. The van der Waals surface area contributed by atoms with E-state index >= 15 is 0 Å². The fourth-order valence-corrected chi connectivity index (χ4v) is 2.75. The molecule has 0 aliphatic heterocycles. The van der Waals surface area contributed by atoms with Crippen LogP contribution in [0.25, 0.3) is 0 Å². The molecule has 0 aliphatic carbocycles. The van der Waals surface area contributed by atoms with Gasteiger partial charge < -0.3 is 10.2 Å². The first-order valence-corrected chi connectivity index (χ1v) is 7.55. The lowest BCUT2D eigenvalue weighted by atomic mass is 10.0. The van der Waals surface area contributed by atoms with Crippen molar-refractivity contribution in [1.29, 1.82) is 0 Å². The summed E-state index contributed by atoms with van der Waals surface area (Å²) in [4.78, 5) is 2.23. The molecule has 2 rings (SSSR count). The fourth-order valence-electron chi connectivity index (χ4n) is 2.75. The molecule has 0 bridgehead atoms. The second kappa shape index (κ2) is 7.39. The number of hydrogen-bond acceptors (Lipinski definition) is 2. The van der Waals surface area contributed by atoms with Crippen molar-refractivity contribution in [2.75, 3.05) is 20.6 Å². The average molecular weight is 282 g/mol. The predicted molar refractivity (Wildman–Crippen MR) is 90.5 cm³/mol. The molecule has 1 N–H and O–H groups in total. The highest BCUT2D eigenvalue weighted by molar-refractivity contribution is 5.28. The summed E-state index contributed by atoms with van der Waals surface area (Å²) in [6.07, 6.45) is 0. The molecule has 21 heavy (non-hydrogen) atoms. The van der Waals surface area contributed by atoms with Gasteiger partial charge in [-0.2, -0.15) is 0 Å². The summed E-state index contributed by atoms with van der Waals surface area (Å²) in [7, 11) is 4.24. The minimum Gasteiger partial charge on any atom is -0.308 e. The summed E-state index contributed by atoms with van der Waals surface area (Å²) in [6.45, 7) is 6.21. The molecule has 112 valence electrons. The zero-order valence-corrected chi connectivity index (χ0v) is 13.6. The molecule has 0 unspecified atom stereocenters. The largest absolute Gasteiger partial charge is 0.308 e. The molecule has 0 aliphatic rings. The van der Waals surface area contributed by atoms with Crippen molar-refractivity contribution in [3.63, 3.8) is 0 Å². The minimum atomic E-state index is 0.349. The number of nitrogens with zero attached hydrogens (tertiary/aromatic N) is 1. The van der Waals surface area contributed by atoms with Gasteiger partial charge in [-0.15, -0.1) is 0 Å². The van der Waals surface area contributed by atoms with Gasteiger partial charge in [0.2, 0.25) is 0 Å². The van der Waals surface area contributed by atoms with Crippen molar-refractivity contribution in [2.24, 2.45) is 0 Å². The number of benzene rings is 2. The molecule has 0 spiro atoms. The number of likely N-dealkylation sites (N-methyl/N-ethyl adjacent to an activating group) is 1. The molecule has 0 saturated carbocycles. The van der Waals surface area contributed by atoms with Gasteiger partial charge >= 0.3 is 0 Å². The van der Waals surface area contributed by atoms with Crippen LogP contribution in [0, 0.1) is 13.8 Å². The number of hydrogen-bond donors (Lipinski definition) is 1. The molecule has 2 aromatic carbocycles. The zero-order valence-electron chi connectivity index (χ0n) is 13.6. The van der Waals surface area contributed by atoms with Gasteiger partial charge in [0.15, 0.2) is 0 Å². The van der Waals surface area contributed by atoms with Crippen LogP contribution in [0.15, 0.2) is 48.5 Å². The van der Waals surface area contributed by atoms with Crippen molar-refractivity contribution in [3.05, 3.63) is 70.8 Å². The van der Waals surface area contributed by atoms with Gasteiger partial charge in [-0.1, -0.05) is 59.7 Å². The maximum Gasteiger partial charge on any atom is 0.0451 e. The van der Waals surface area contributed by atoms with E-state index in [9.17, 15) is 0 Å². The lowest BCUT2D eigenvalue weighted by molar-refractivity contribution is 0.340. The third-order valence-electron chi connectivity index (χ3n) is 3.58. The summed E-state index contributed by atoms with van der Waals surface area (Å²) in [5, 5.41) is 3.70. The van der Waals surface area contributed by atoms with Crippen molar-refractivity contribution >= 4 is 0 Å². The standard InChI is InChI=1S/C19H26N2/c1-15-10-16(2)12-17(11-15)13-20-19(14-21(3)4)18-8-6-5-7-9-18/h5-12,19-20H,13-14H2,1-4H3/t19-/m1/s1. The highest BCUT2D eigenvalue weighted by Gasteiger charge is 2.11. The molecule has 0 amide bonds. The lowest BCUT2D eigenvalue weighted by Crippen LogP contribution is -2.30. The molecule has 1 atom stereocenters. The van der Waals surface area contributed by atoms with Crippen LogP contribution in [0.4, 0.5) is 0 Å². The van der Waals surface area contributed by atoms with Crippen molar-refractivity contribution in [2.45, 2.75) is 26.4 Å². The molecule has 2 heteroatoms. The van der Waals surface area contributed by atoms with Gasteiger partial charge in [-0.25, -0.2) is 0 Å². The second-order valence-electron chi connectivity index (χ2n) is 6.10. The summed E-state index contributed by atoms with van der Waals surface area (Å²) in [5.41, 5.74) is 5.36. The fraction of sp³-hybridized carbons (Fsp3) is 0.368. The smallest absolute Gasteiger partial charge is 0.0451 e. The summed E-state index contributed by atoms with van der Waals surface area (Å²) in [5.74, 6) is 0. The third kappa shape index (κ3) is 5.00. The van der Waals surface area contributed by atoms with Gasteiger partial charge in [0.05, 0.1) is 0 Å². The van der Waals surface area contributed by atoms with Crippen LogP contribution in [-0.2, 0) is 6.54 Å². The van der Waals surface area contributed by atoms with Crippen LogP contribution < -0.4 is 5.32 Å². The van der Waals surface area contributed by atoms with E-state index in [0.717, 1.165) is 13.1 Å². The summed E-state index contributed by atoms with van der Waals surface area (Å²) >= 11 is 0. The maximum atomic E-state index is 3.70. The first-order valence-electron chi connectivity index (χ1n) is 7.55. The van der Waals surface area contributed by atoms with Gasteiger partial charge in [-0.05, 0) is 39.1 Å². The van der Waals surface area contributed by atoms with E-state index in [-0.39, 0.29) is 0 Å². The molecule has 0 heterocycles. The Morgan fingerprint density at radius 3 is 2.14 bits per heavy atom. The molecule has 0 aromatic heterocycles. The van der Waals surface area contributed by atoms with Gasteiger partial charge in [0, 0.05) is 19.1 Å². The molecule has 0 saturated heterocycles. The Labute approximate surface area is 128 Å². The topological polar surface area (TPSA) is 15.3 Å². The molecule has 2 nitrogen and oxygen atoms in total. The Balaban J connectivity index is 2.08. The van der Waals surface area contributed by atoms with Crippen LogP contribution in [-0.4, -0.2) is 25.5 Å². The van der Waals surface area contributed by atoms with E-state index in [4.69, 9.17) is 0 Å². The molecular formula is C19H26N2. The Morgan fingerprint density at radius 1 is 0.952 bits per heavy atom. The third-order valence-corrected chi connectivity index (χ3v) is 3.58. The maximum absolute atomic E-state index is 3.70. The molecule has 0 radical (unpaired) electrons. The minimum absolute atomic E-state index is 0.349. The van der Waals surface area contributed by atoms with Crippen LogP contribution in [0.2, 0.25) is 0 Å². The predicted octanol–water partition coefficient (Wildman–Crippen LogP) is 3.70. The monoisotopic (exact) mass is 282 g/mol. The van der Waals surface area contributed by atoms with Crippen LogP contribution in [0.5, 0.6) is 0 Å². The van der Waals surface area contributed by atoms with Gasteiger partial charge in [0.1, 0.15) is 0 Å².